The minimum atomic E-state index is -0.494. The topological polar surface area (TPSA) is 53.9 Å². The van der Waals surface area contributed by atoms with Gasteiger partial charge in [-0.2, -0.15) is 0 Å². The van der Waals surface area contributed by atoms with Crippen LogP contribution in [0.15, 0.2) is 29.3 Å². The summed E-state index contributed by atoms with van der Waals surface area (Å²) in [6, 6.07) is 8.37. The van der Waals surface area contributed by atoms with Crippen LogP contribution in [0.2, 0.25) is 0 Å². The number of carbonyl (C=O) groups excluding carboxylic acids is 1. The van der Waals surface area contributed by atoms with Gasteiger partial charge in [0, 0.05) is 7.05 Å². The fraction of sp³-hybridized carbons (Fsp3) is 0.385. The SMILES string of the molecule is COC(=O)NC1=NCC(c2ccccc2C)N1C. The Hall–Kier alpha value is -2.04. The predicted octanol–water partition coefficient (Wildman–Crippen LogP) is 1.69. The van der Waals surface area contributed by atoms with E-state index in [1.54, 1.807) is 0 Å². The summed E-state index contributed by atoms with van der Waals surface area (Å²) in [4.78, 5) is 17.5. The van der Waals surface area contributed by atoms with Crippen molar-refractivity contribution in [1.29, 1.82) is 0 Å². The zero-order valence-electron chi connectivity index (χ0n) is 10.8. The lowest BCUT2D eigenvalue weighted by Crippen LogP contribution is -2.40. The molecule has 18 heavy (non-hydrogen) atoms. The standard InChI is InChI=1S/C13H17N3O2/c1-9-6-4-5-7-10(9)11-8-14-12(16(11)2)15-13(17)18-3/h4-7,11H,8H2,1-3H3,(H,14,15,17). The first-order chi connectivity index (χ1) is 8.63. The number of aliphatic imine (C=N–C) groups is 1. The van der Waals surface area contributed by atoms with Crippen molar-refractivity contribution in [3.05, 3.63) is 35.4 Å². The van der Waals surface area contributed by atoms with E-state index in [0.717, 1.165) is 0 Å². The van der Waals surface area contributed by atoms with Crippen molar-refractivity contribution >= 4 is 12.1 Å². The van der Waals surface area contributed by atoms with Crippen LogP contribution in [0.25, 0.3) is 0 Å². The molecule has 1 aromatic carbocycles. The summed E-state index contributed by atoms with van der Waals surface area (Å²) in [5.41, 5.74) is 2.45. The van der Waals surface area contributed by atoms with Gasteiger partial charge in [-0.3, -0.25) is 10.3 Å². The Bertz CT molecular complexity index is 485. The Labute approximate surface area is 106 Å². The van der Waals surface area contributed by atoms with E-state index in [2.05, 4.69) is 34.1 Å². The van der Waals surface area contributed by atoms with Gasteiger partial charge in [-0.05, 0) is 18.1 Å². The maximum Gasteiger partial charge on any atom is 0.413 e. The molecule has 0 radical (unpaired) electrons. The fourth-order valence-electron chi connectivity index (χ4n) is 2.09. The number of methoxy groups -OCH3 is 1. The molecule has 1 unspecified atom stereocenters. The van der Waals surface area contributed by atoms with Crippen molar-refractivity contribution in [1.82, 2.24) is 10.2 Å². The fourth-order valence-corrected chi connectivity index (χ4v) is 2.09. The Kier molecular flexibility index (Phi) is 3.50. The van der Waals surface area contributed by atoms with Gasteiger partial charge in [0.2, 0.25) is 5.96 Å². The normalized spacial score (nSPS) is 18.5. The van der Waals surface area contributed by atoms with E-state index in [9.17, 15) is 4.79 Å². The molecule has 1 aromatic rings. The number of hydrogen-bond acceptors (Lipinski definition) is 4. The maximum absolute atomic E-state index is 11.2. The largest absolute Gasteiger partial charge is 0.453 e. The first-order valence-electron chi connectivity index (χ1n) is 5.81. The molecule has 1 aliphatic heterocycles. The lowest BCUT2D eigenvalue weighted by atomic mass is 10.0. The van der Waals surface area contributed by atoms with Gasteiger partial charge in [0.1, 0.15) is 0 Å². The van der Waals surface area contributed by atoms with Crippen LogP contribution in [0, 0.1) is 6.92 Å². The summed E-state index contributed by atoms with van der Waals surface area (Å²) in [6.45, 7) is 2.72. The van der Waals surface area contributed by atoms with Crippen molar-refractivity contribution in [3.63, 3.8) is 0 Å². The molecule has 1 N–H and O–H groups in total. The van der Waals surface area contributed by atoms with E-state index in [0.29, 0.717) is 12.5 Å². The molecular weight excluding hydrogens is 230 g/mol. The van der Waals surface area contributed by atoms with Crippen molar-refractivity contribution in [2.24, 2.45) is 4.99 Å². The lowest BCUT2D eigenvalue weighted by molar-refractivity contribution is 0.175. The molecule has 1 atom stereocenters. The van der Waals surface area contributed by atoms with Gasteiger partial charge in [-0.1, -0.05) is 24.3 Å². The summed E-state index contributed by atoms with van der Waals surface area (Å²) < 4.78 is 4.57. The number of ether oxygens (including phenoxy) is 1. The molecule has 0 spiro atoms. The molecular formula is C13H17N3O2. The lowest BCUT2D eigenvalue weighted by Gasteiger charge is -2.24. The molecule has 5 nitrogen and oxygen atoms in total. The van der Waals surface area contributed by atoms with Crippen LogP contribution < -0.4 is 5.32 Å². The zero-order chi connectivity index (χ0) is 13.1. The van der Waals surface area contributed by atoms with Gasteiger partial charge < -0.3 is 9.64 Å². The van der Waals surface area contributed by atoms with Crippen LogP contribution >= 0.6 is 0 Å². The average molecular weight is 247 g/mol. The summed E-state index contributed by atoms with van der Waals surface area (Å²) in [7, 11) is 3.25. The summed E-state index contributed by atoms with van der Waals surface area (Å²) in [5.74, 6) is 0.551. The van der Waals surface area contributed by atoms with Gasteiger partial charge in [0.15, 0.2) is 0 Å². The summed E-state index contributed by atoms with van der Waals surface area (Å²) in [5, 5.41) is 2.61. The number of likely N-dealkylation sites (N-methyl/N-ethyl adjacent to an activating group) is 1. The number of guanidine groups is 1. The smallest absolute Gasteiger partial charge is 0.413 e. The van der Waals surface area contributed by atoms with E-state index in [1.807, 2.05) is 24.1 Å². The number of hydrogen-bond donors (Lipinski definition) is 1. The molecule has 96 valence electrons. The molecule has 0 aliphatic carbocycles. The minimum Gasteiger partial charge on any atom is -0.453 e. The number of benzene rings is 1. The molecule has 1 heterocycles. The first kappa shape index (κ1) is 12.4. The monoisotopic (exact) mass is 247 g/mol. The zero-order valence-corrected chi connectivity index (χ0v) is 10.8. The van der Waals surface area contributed by atoms with Crippen LogP contribution in [-0.2, 0) is 4.74 Å². The Morgan fingerprint density at radius 2 is 2.22 bits per heavy atom. The second-order valence-corrected chi connectivity index (χ2v) is 4.26. The quantitative estimate of drug-likeness (QED) is 0.821. The Morgan fingerprint density at radius 1 is 1.50 bits per heavy atom. The second-order valence-electron chi connectivity index (χ2n) is 4.26. The van der Waals surface area contributed by atoms with Gasteiger partial charge in [-0.15, -0.1) is 0 Å². The van der Waals surface area contributed by atoms with Gasteiger partial charge >= 0.3 is 6.09 Å². The molecule has 0 aromatic heterocycles. The van der Waals surface area contributed by atoms with Crippen molar-refractivity contribution in [2.75, 3.05) is 20.7 Å². The molecule has 0 saturated carbocycles. The van der Waals surface area contributed by atoms with Crippen molar-refractivity contribution < 1.29 is 9.53 Å². The van der Waals surface area contributed by atoms with Crippen LogP contribution in [0.1, 0.15) is 17.2 Å². The third-order valence-electron chi connectivity index (χ3n) is 3.16. The molecule has 1 amide bonds. The number of carbonyl (C=O) groups is 1. The van der Waals surface area contributed by atoms with Crippen LogP contribution in [0.4, 0.5) is 4.79 Å². The molecule has 0 fully saturated rings. The number of rotatable bonds is 1. The number of aryl methyl sites for hydroxylation is 1. The minimum absolute atomic E-state index is 0.165. The van der Waals surface area contributed by atoms with Crippen LogP contribution in [0.3, 0.4) is 0 Å². The third-order valence-corrected chi connectivity index (χ3v) is 3.16. The molecule has 0 bridgehead atoms. The van der Waals surface area contributed by atoms with Gasteiger partial charge in [0.05, 0.1) is 19.7 Å². The second kappa shape index (κ2) is 5.08. The Morgan fingerprint density at radius 3 is 2.89 bits per heavy atom. The van der Waals surface area contributed by atoms with Gasteiger partial charge in [-0.25, -0.2) is 4.79 Å². The maximum atomic E-state index is 11.2. The Balaban J connectivity index is 2.13. The van der Waals surface area contributed by atoms with E-state index >= 15 is 0 Å². The number of alkyl carbamates (subject to hydrolysis) is 1. The number of nitrogens with one attached hydrogen (secondary N) is 1. The van der Waals surface area contributed by atoms with E-state index in [4.69, 9.17) is 0 Å². The summed E-state index contributed by atoms with van der Waals surface area (Å²) >= 11 is 0. The predicted molar refractivity (Wildman–Crippen MR) is 69.5 cm³/mol. The highest BCUT2D eigenvalue weighted by atomic mass is 16.5. The van der Waals surface area contributed by atoms with E-state index < -0.39 is 6.09 Å². The van der Waals surface area contributed by atoms with E-state index in [1.165, 1.54) is 18.2 Å². The van der Waals surface area contributed by atoms with Gasteiger partial charge in [0.25, 0.3) is 0 Å². The van der Waals surface area contributed by atoms with Crippen molar-refractivity contribution in [3.8, 4) is 0 Å². The van der Waals surface area contributed by atoms with Crippen LogP contribution in [-0.4, -0.2) is 37.7 Å². The van der Waals surface area contributed by atoms with E-state index in [-0.39, 0.29) is 6.04 Å². The molecule has 0 saturated heterocycles. The molecule has 2 rings (SSSR count). The summed E-state index contributed by atoms with van der Waals surface area (Å²) in [6.07, 6.45) is -0.494. The molecule has 1 aliphatic rings. The first-order valence-corrected chi connectivity index (χ1v) is 5.81. The number of nitrogens with zero attached hydrogens (tertiary/aromatic N) is 2. The third kappa shape index (κ3) is 2.30. The average Bonchev–Trinajstić information content (AvgIpc) is 2.72. The number of amides is 1. The van der Waals surface area contributed by atoms with Crippen LogP contribution in [0.5, 0.6) is 0 Å². The highest BCUT2D eigenvalue weighted by Gasteiger charge is 2.27. The highest BCUT2D eigenvalue weighted by molar-refractivity contribution is 5.94. The molecule has 5 heteroatoms. The van der Waals surface area contributed by atoms with Crippen molar-refractivity contribution in [2.45, 2.75) is 13.0 Å². The highest BCUT2D eigenvalue weighted by Crippen LogP contribution is 2.26.